The Kier molecular flexibility index (Phi) is 5.77. The van der Waals surface area contributed by atoms with Crippen LogP contribution < -0.4 is 0 Å². The molecule has 2 heterocycles. The van der Waals surface area contributed by atoms with Gasteiger partial charge in [-0.25, -0.2) is 14.2 Å². The summed E-state index contributed by atoms with van der Waals surface area (Å²) in [6.45, 7) is 5.02. The number of likely N-dealkylation sites (tertiary alicyclic amines) is 1. The summed E-state index contributed by atoms with van der Waals surface area (Å²) in [5.41, 5.74) is -0.388. The molecule has 1 aliphatic rings. The van der Waals surface area contributed by atoms with Crippen LogP contribution in [0.3, 0.4) is 0 Å². The van der Waals surface area contributed by atoms with Crippen molar-refractivity contribution in [3.05, 3.63) is 27.3 Å². The van der Waals surface area contributed by atoms with Gasteiger partial charge in [0.15, 0.2) is 0 Å². The van der Waals surface area contributed by atoms with Crippen molar-refractivity contribution < 1.29 is 23.0 Å². The van der Waals surface area contributed by atoms with E-state index in [1.165, 1.54) is 11.1 Å². The first-order valence-corrected chi connectivity index (χ1v) is 8.29. The molecule has 1 aromatic rings. The van der Waals surface area contributed by atoms with Crippen LogP contribution in [-0.4, -0.2) is 40.5 Å². The third-order valence-corrected chi connectivity index (χ3v) is 4.20. The van der Waals surface area contributed by atoms with Crippen LogP contribution in [0, 0.1) is 9.52 Å². The lowest BCUT2D eigenvalue weighted by Gasteiger charge is -2.28. The van der Waals surface area contributed by atoms with Crippen LogP contribution in [0.1, 0.15) is 32.8 Å². The summed E-state index contributed by atoms with van der Waals surface area (Å²) in [5, 5.41) is 0. The highest BCUT2D eigenvalue weighted by atomic mass is 127. The number of nitrogens with zero attached hydrogens (tertiary/aromatic N) is 2. The highest BCUT2D eigenvalue weighted by Crippen LogP contribution is 2.26. The van der Waals surface area contributed by atoms with E-state index in [9.17, 15) is 13.6 Å². The molecule has 1 saturated heterocycles. The number of pyridine rings is 1. The van der Waals surface area contributed by atoms with Crippen LogP contribution in [0.2, 0.25) is 0 Å². The molecule has 0 aromatic carbocycles. The minimum absolute atomic E-state index is 0.0394. The number of alkyl halides is 1. The van der Waals surface area contributed by atoms with E-state index in [-0.39, 0.29) is 19.6 Å². The van der Waals surface area contributed by atoms with Crippen LogP contribution in [0.5, 0.6) is 0 Å². The van der Waals surface area contributed by atoms with E-state index in [0.29, 0.717) is 9.13 Å². The van der Waals surface area contributed by atoms with Gasteiger partial charge in [0.05, 0.1) is 13.2 Å². The second-order valence-corrected chi connectivity index (χ2v) is 7.46. The quantitative estimate of drug-likeness (QED) is 0.532. The minimum atomic E-state index is -1.19. The number of hydrogen-bond acceptors (Lipinski definition) is 4. The van der Waals surface area contributed by atoms with Crippen molar-refractivity contribution in [3.63, 3.8) is 0 Å². The Balaban J connectivity index is 2.04. The van der Waals surface area contributed by atoms with Gasteiger partial charge in [-0.15, -0.1) is 0 Å². The van der Waals surface area contributed by atoms with Crippen molar-refractivity contribution in [1.82, 2.24) is 9.88 Å². The number of halogens is 3. The maximum atomic E-state index is 13.7. The lowest BCUT2D eigenvalue weighted by Crippen LogP contribution is -2.41. The summed E-state index contributed by atoms with van der Waals surface area (Å²) in [6.07, 6.45) is -1.21. The molecule has 0 bridgehead atoms. The predicted molar refractivity (Wildman–Crippen MR) is 87.9 cm³/mol. The van der Waals surface area contributed by atoms with Crippen molar-refractivity contribution in [2.75, 3.05) is 6.54 Å². The molecule has 5 nitrogen and oxygen atoms in total. The third kappa shape index (κ3) is 4.97. The van der Waals surface area contributed by atoms with Gasteiger partial charge in [0.1, 0.15) is 18.0 Å². The largest absolute Gasteiger partial charge is 0.444 e. The Hall–Kier alpha value is -1.03. The summed E-state index contributed by atoms with van der Waals surface area (Å²) in [4.78, 5) is 16.9. The van der Waals surface area contributed by atoms with Gasteiger partial charge >= 0.3 is 6.09 Å². The van der Waals surface area contributed by atoms with E-state index >= 15 is 0 Å². The standard InChI is InChI=1S/C15H19F2IN2O3/c1-15(2,3)23-14(21)20-7-9(16)6-12(20)22-8-10-11(18)4-5-19-13(10)17/h4-5,9,12H,6-8H2,1-3H3/t9-,12+/m1/s1. The number of ether oxygens (including phenoxy) is 2. The number of aromatic nitrogens is 1. The van der Waals surface area contributed by atoms with Crippen molar-refractivity contribution >= 4 is 28.7 Å². The topological polar surface area (TPSA) is 51.7 Å². The molecule has 2 rings (SSSR count). The number of carbonyl (C=O) groups excluding carboxylic acids is 1. The smallest absolute Gasteiger partial charge is 0.412 e. The van der Waals surface area contributed by atoms with Gasteiger partial charge in [-0.3, -0.25) is 4.90 Å². The van der Waals surface area contributed by atoms with Gasteiger partial charge in [-0.2, -0.15) is 4.39 Å². The molecule has 128 valence electrons. The van der Waals surface area contributed by atoms with Crippen molar-refractivity contribution in [2.45, 2.75) is 51.8 Å². The molecule has 0 aliphatic carbocycles. The summed E-state index contributed by atoms with van der Waals surface area (Å²) < 4.78 is 38.9. The van der Waals surface area contributed by atoms with Crippen LogP contribution in [0.4, 0.5) is 13.6 Å². The number of rotatable bonds is 3. The van der Waals surface area contributed by atoms with E-state index < -0.39 is 30.0 Å². The Morgan fingerprint density at radius 2 is 2.22 bits per heavy atom. The lowest BCUT2D eigenvalue weighted by molar-refractivity contribution is -0.0566. The molecule has 1 aromatic heterocycles. The molecule has 8 heteroatoms. The SMILES string of the molecule is CC(C)(C)OC(=O)N1C[C@H](F)C[C@@H]1OCc1c(I)ccnc1F. The molecule has 23 heavy (non-hydrogen) atoms. The molecule has 1 aliphatic heterocycles. The fourth-order valence-corrected chi connectivity index (χ4v) is 2.71. The fraction of sp³-hybridized carbons (Fsp3) is 0.600. The minimum Gasteiger partial charge on any atom is -0.444 e. The second kappa shape index (κ2) is 7.25. The lowest BCUT2D eigenvalue weighted by atomic mass is 10.2. The summed E-state index contributed by atoms with van der Waals surface area (Å²) in [7, 11) is 0. The van der Waals surface area contributed by atoms with Gasteiger partial charge in [0.25, 0.3) is 0 Å². The number of amides is 1. The van der Waals surface area contributed by atoms with E-state index in [0.717, 1.165) is 0 Å². The molecule has 1 amide bonds. The highest BCUT2D eigenvalue weighted by Gasteiger charge is 2.38. The van der Waals surface area contributed by atoms with Gasteiger partial charge in [-0.1, -0.05) is 0 Å². The zero-order valence-electron chi connectivity index (χ0n) is 13.2. The van der Waals surface area contributed by atoms with E-state index in [4.69, 9.17) is 9.47 Å². The third-order valence-electron chi connectivity index (χ3n) is 3.19. The second-order valence-electron chi connectivity index (χ2n) is 6.29. The van der Waals surface area contributed by atoms with E-state index in [2.05, 4.69) is 4.98 Å². The summed E-state index contributed by atoms with van der Waals surface area (Å²) in [5.74, 6) is -0.629. The summed E-state index contributed by atoms with van der Waals surface area (Å²) >= 11 is 1.97. The average molecular weight is 440 g/mol. The molecular formula is C15H19F2IN2O3. The first-order chi connectivity index (χ1) is 10.7. The molecular weight excluding hydrogens is 421 g/mol. The monoisotopic (exact) mass is 440 g/mol. The van der Waals surface area contributed by atoms with E-state index in [1.807, 2.05) is 22.6 Å². The number of carbonyl (C=O) groups is 1. The molecule has 2 atom stereocenters. The Bertz CT molecular complexity index is 560. The van der Waals surface area contributed by atoms with Gasteiger partial charge < -0.3 is 9.47 Å². The van der Waals surface area contributed by atoms with Crippen LogP contribution in [0.15, 0.2) is 12.3 Å². The maximum Gasteiger partial charge on any atom is 0.412 e. The fourth-order valence-electron chi connectivity index (χ4n) is 2.18. The Labute approximate surface area is 147 Å². The van der Waals surface area contributed by atoms with Crippen LogP contribution in [-0.2, 0) is 16.1 Å². The average Bonchev–Trinajstić information content (AvgIpc) is 2.77. The normalized spacial score (nSPS) is 21.6. The van der Waals surface area contributed by atoms with E-state index in [1.54, 1.807) is 26.8 Å². The molecule has 0 unspecified atom stereocenters. The Morgan fingerprint density at radius 3 is 2.83 bits per heavy atom. The maximum absolute atomic E-state index is 13.7. The number of hydrogen-bond donors (Lipinski definition) is 0. The van der Waals surface area contributed by atoms with Crippen molar-refractivity contribution in [1.29, 1.82) is 0 Å². The zero-order valence-corrected chi connectivity index (χ0v) is 15.3. The molecule has 1 fully saturated rings. The molecule has 0 saturated carbocycles. The van der Waals surface area contributed by atoms with Gasteiger partial charge in [0.2, 0.25) is 5.95 Å². The Morgan fingerprint density at radius 1 is 1.52 bits per heavy atom. The van der Waals surface area contributed by atoms with Crippen LogP contribution in [0.25, 0.3) is 0 Å². The van der Waals surface area contributed by atoms with Gasteiger partial charge in [-0.05, 0) is 49.4 Å². The first-order valence-electron chi connectivity index (χ1n) is 7.21. The predicted octanol–water partition coefficient (Wildman–Crippen LogP) is 3.65. The van der Waals surface area contributed by atoms with Crippen LogP contribution >= 0.6 is 22.6 Å². The summed E-state index contributed by atoms with van der Waals surface area (Å²) in [6, 6.07) is 1.65. The molecule has 0 spiro atoms. The van der Waals surface area contributed by atoms with Crippen molar-refractivity contribution in [2.24, 2.45) is 0 Å². The zero-order chi connectivity index (χ0) is 17.2. The molecule has 0 radical (unpaired) electrons. The first kappa shape index (κ1) is 18.3. The molecule has 0 N–H and O–H groups in total. The van der Waals surface area contributed by atoms with Crippen molar-refractivity contribution in [3.8, 4) is 0 Å². The highest BCUT2D eigenvalue weighted by molar-refractivity contribution is 14.1. The van der Waals surface area contributed by atoms with Gasteiger partial charge in [0, 0.05) is 21.8 Å².